The van der Waals surface area contributed by atoms with Gasteiger partial charge in [-0.2, -0.15) is 0 Å². The zero-order valence-corrected chi connectivity index (χ0v) is 11.9. The predicted octanol–water partition coefficient (Wildman–Crippen LogP) is 3.14. The minimum atomic E-state index is 0.863. The highest BCUT2D eigenvalue weighted by Crippen LogP contribution is 2.26. The first-order valence-corrected chi connectivity index (χ1v) is 6.61. The lowest BCUT2D eigenvalue weighted by Gasteiger charge is -2.05. The quantitative estimate of drug-likeness (QED) is 0.553. The van der Waals surface area contributed by atoms with Gasteiger partial charge in [0.2, 0.25) is 0 Å². The number of aryl methyl sites for hydroxylation is 3. The number of anilines is 1. The van der Waals surface area contributed by atoms with Crippen LogP contribution in [-0.2, 0) is 7.05 Å². The third kappa shape index (κ3) is 1.94. The van der Waals surface area contributed by atoms with Gasteiger partial charge >= 0.3 is 0 Å². The number of aromatic nitrogens is 2. The number of imidazole rings is 1. The molecule has 0 atom stereocenters. The average molecular weight is 266 g/mol. The Kier molecular flexibility index (Phi) is 2.95. The van der Waals surface area contributed by atoms with Crippen LogP contribution in [0.1, 0.15) is 11.1 Å². The Bertz CT molecular complexity index is 787. The van der Waals surface area contributed by atoms with Crippen LogP contribution in [0, 0.1) is 13.8 Å². The van der Waals surface area contributed by atoms with Crippen molar-refractivity contribution in [3.8, 4) is 11.4 Å². The lowest BCUT2D eigenvalue weighted by molar-refractivity contribution is 0.959. The number of nitrogens with zero attached hydrogens (tertiary/aromatic N) is 2. The number of nitrogens with one attached hydrogen (secondary N) is 1. The molecule has 3 aromatic rings. The molecule has 0 amide bonds. The third-order valence-electron chi connectivity index (χ3n) is 3.81. The summed E-state index contributed by atoms with van der Waals surface area (Å²) in [6.07, 6.45) is 0. The Hall–Kier alpha value is -2.33. The number of benzene rings is 2. The van der Waals surface area contributed by atoms with E-state index < -0.39 is 0 Å². The van der Waals surface area contributed by atoms with Gasteiger partial charge in [0, 0.05) is 12.6 Å². The third-order valence-corrected chi connectivity index (χ3v) is 3.81. The molecule has 0 fully saturated rings. The molecule has 0 unspecified atom stereocenters. The standard InChI is InChI=1S/C16H18N4/c1-10-4-5-12(8-11(10)2)16-18-14-9-13(19-17)6-7-15(14)20(16)3/h4-9,19H,17H2,1-3H3. The van der Waals surface area contributed by atoms with E-state index in [1.54, 1.807) is 0 Å². The van der Waals surface area contributed by atoms with Crippen molar-refractivity contribution < 1.29 is 0 Å². The van der Waals surface area contributed by atoms with E-state index in [9.17, 15) is 0 Å². The minimum Gasteiger partial charge on any atom is -0.327 e. The summed E-state index contributed by atoms with van der Waals surface area (Å²) in [5.41, 5.74) is 9.26. The van der Waals surface area contributed by atoms with E-state index in [2.05, 4.69) is 42.0 Å². The van der Waals surface area contributed by atoms with Gasteiger partial charge in [0.25, 0.3) is 0 Å². The van der Waals surface area contributed by atoms with Crippen molar-refractivity contribution in [2.75, 3.05) is 5.43 Å². The molecule has 0 aliphatic heterocycles. The van der Waals surface area contributed by atoms with Gasteiger partial charge < -0.3 is 9.99 Å². The van der Waals surface area contributed by atoms with Gasteiger partial charge in [-0.25, -0.2) is 4.98 Å². The number of rotatable bonds is 2. The predicted molar refractivity (Wildman–Crippen MR) is 83.4 cm³/mol. The first kappa shape index (κ1) is 12.7. The van der Waals surface area contributed by atoms with Crippen LogP contribution in [0.25, 0.3) is 22.4 Å². The van der Waals surface area contributed by atoms with Crippen molar-refractivity contribution in [2.24, 2.45) is 12.9 Å². The van der Waals surface area contributed by atoms with E-state index in [1.807, 2.05) is 25.2 Å². The SMILES string of the molecule is Cc1ccc(-c2nc3cc(NN)ccc3n2C)cc1C. The maximum Gasteiger partial charge on any atom is 0.140 e. The topological polar surface area (TPSA) is 55.9 Å². The van der Waals surface area contributed by atoms with Crippen molar-refractivity contribution in [2.45, 2.75) is 13.8 Å². The van der Waals surface area contributed by atoms with E-state index >= 15 is 0 Å². The van der Waals surface area contributed by atoms with Crippen molar-refractivity contribution in [1.29, 1.82) is 0 Å². The Balaban J connectivity index is 2.20. The van der Waals surface area contributed by atoms with E-state index in [4.69, 9.17) is 10.8 Å². The molecule has 4 heteroatoms. The molecule has 1 aromatic heterocycles. The summed E-state index contributed by atoms with van der Waals surface area (Å²) in [5.74, 6) is 6.42. The highest BCUT2D eigenvalue weighted by molar-refractivity contribution is 5.83. The first-order valence-electron chi connectivity index (χ1n) is 6.61. The molecular weight excluding hydrogens is 248 g/mol. The van der Waals surface area contributed by atoms with Crippen LogP contribution in [0.5, 0.6) is 0 Å². The lowest BCUT2D eigenvalue weighted by atomic mass is 10.1. The molecule has 2 aromatic carbocycles. The van der Waals surface area contributed by atoms with Crippen LogP contribution < -0.4 is 11.3 Å². The lowest BCUT2D eigenvalue weighted by Crippen LogP contribution is -2.06. The summed E-state index contributed by atoms with van der Waals surface area (Å²) in [5, 5.41) is 0. The fraction of sp³-hybridized carbons (Fsp3) is 0.188. The number of hydrogen-bond acceptors (Lipinski definition) is 3. The minimum absolute atomic E-state index is 0.863. The van der Waals surface area contributed by atoms with Crippen molar-refractivity contribution >= 4 is 16.7 Å². The van der Waals surface area contributed by atoms with Crippen LogP contribution >= 0.6 is 0 Å². The number of hydrogen-bond donors (Lipinski definition) is 2. The molecule has 0 aliphatic carbocycles. The molecule has 3 N–H and O–H groups in total. The van der Waals surface area contributed by atoms with Gasteiger partial charge in [-0.3, -0.25) is 5.84 Å². The molecule has 102 valence electrons. The number of nitrogens with two attached hydrogens (primary N) is 1. The van der Waals surface area contributed by atoms with Crippen LogP contribution in [0.3, 0.4) is 0 Å². The van der Waals surface area contributed by atoms with Crippen molar-refractivity contribution in [1.82, 2.24) is 9.55 Å². The molecule has 0 aliphatic rings. The van der Waals surface area contributed by atoms with E-state index in [1.165, 1.54) is 11.1 Å². The van der Waals surface area contributed by atoms with Gasteiger partial charge in [0.15, 0.2) is 0 Å². The van der Waals surface area contributed by atoms with Gasteiger partial charge in [-0.1, -0.05) is 12.1 Å². The van der Waals surface area contributed by atoms with Gasteiger partial charge in [-0.05, 0) is 49.2 Å². The van der Waals surface area contributed by atoms with Crippen LogP contribution in [-0.4, -0.2) is 9.55 Å². The molecule has 0 saturated carbocycles. The van der Waals surface area contributed by atoms with Gasteiger partial charge in [-0.15, -0.1) is 0 Å². The molecule has 4 nitrogen and oxygen atoms in total. The molecule has 0 bridgehead atoms. The Morgan fingerprint density at radius 2 is 1.85 bits per heavy atom. The fourth-order valence-corrected chi connectivity index (χ4v) is 2.43. The highest BCUT2D eigenvalue weighted by Gasteiger charge is 2.10. The second-order valence-corrected chi connectivity index (χ2v) is 5.14. The first-order chi connectivity index (χ1) is 9.60. The average Bonchev–Trinajstić information content (AvgIpc) is 2.78. The number of nitrogen functional groups attached to an aromatic ring is 1. The summed E-state index contributed by atoms with van der Waals surface area (Å²) < 4.78 is 2.11. The second-order valence-electron chi connectivity index (χ2n) is 5.14. The molecule has 0 spiro atoms. The Morgan fingerprint density at radius 1 is 1.05 bits per heavy atom. The number of hydrazine groups is 1. The van der Waals surface area contributed by atoms with Gasteiger partial charge in [0.1, 0.15) is 5.82 Å². The van der Waals surface area contributed by atoms with Crippen molar-refractivity contribution in [3.05, 3.63) is 47.5 Å². The normalized spacial score (nSPS) is 11.0. The van der Waals surface area contributed by atoms with Crippen LogP contribution in [0.2, 0.25) is 0 Å². The molecule has 1 heterocycles. The molecule has 3 rings (SSSR count). The summed E-state index contributed by atoms with van der Waals surface area (Å²) in [6.45, 7) is 4.24. The fourth-order valence-electron chi connectivity index (χ4n) is 2.43. The zero-order chi connectivity index (χ0) is 14.3. The zero-order valence-electron chi connectivity index (χ0n) is 11.9. The van der Waals surface area contributed by atoms with E-state index in [0.29, 0.717) is 0 Å². The Labute approximate surface area is 118 Å². The van der Waals surface area contributed by atoms with E-state index in [0.717, 1.165) is 28.1 Å². The molecule has 20 heavy (non-hydrogen) atoms. The van der Waals surface area contributed by atoms with Gasteiger partial charge in [0.05, 0.1) is 16.7 Å². The molecule has 0 saturated heterocycles. The summed E-state index contributed by atoms with van der Waals surface area (Å²) in [4.78, 5) is 4.73. The summed E-state index contributed by atoms with van der Waals surface area (Å²) >= 11 is 0. The summed E-state index contributed by atoms with van der Waals surface area (Å²) in [6, 6.07) is 12.4. The maximum atomic E-state index is 5.45. The van der Waals surface area contributed by atoms with E-state index in [-0.39, 0.29) is 0 Å². The highest BCUT2D eigenvalue weighted by atomic mass is 15.2. The number of fused-ring (bicyclic) bond motifs is 1. The van der Waals surface area contributed by atoms with Crippen LogP contribution in [0.15, 0.2) is 36.4 Å². The largest absolute Gasteiger partial charge is 0.327 e. The molecule has 0 radical (unpaired) electrons. The molecular formula is C16H18N4. The van der Waals surface area contributed by atoms with Crippen molar-refractivity contribution in [3.63, 3.8) is 0 Å². The second kappa shape index (κ2) is 4.65. The maximum absolute atomic E-state index is 5.45. The Morgan fingerprint density at radius 3 is 2.55 bits per heavy atom. The summed E-state index contributed by atoms with van der Waals surface area (Å²) in [7, 11) is 2.04. The van der Waals surface area contributed by atoms with Crippen LogP contribution in [0.4, 0.5) is 5.69 Å². The smallest absolute Gasteiger partial charge is 0.140 e. The monoisotopic (exact) mass is 266 g/mol.